The van der Waals surface area contributed by atoms with Gasteiger partial charge in [0.25, 0.3) is 5.91 Å². The Hall–Kier alpha value is -3.31. The zero-order valence-corrected chi connectivity index (χ0v) is 21.5. The minimum Gasteiger partial charge on any atom is -0.494 e. The zero-order valence-electron chi connectivity index (χ0n) is 20.0. The number of aryl methyl sites for hydroxylation is 1. The molecule has 4 rings (SSSR count). The summed E-state index contributed by atoms with van der Waals surface area (Å²) in [6.45, 7) is 8.30. The van der Waals surface area contributed by atoms with Crippen LogP contribution in [0.15, 0.2) is 24.5 Å². The molecule has 1 saturated heterocycles. The van der Waals surface area contributed by atoms with Crippen molar-refractivity contribution in [2.45, 2.75) is 39.2 Å². The van der Waals surface area contributed by atoms with Crippen LogP contribution in [0.4, 0.5) is 9.93 Å². The number of nitrogens with zero attached hydrogens (tertiary/aromatic N) is 5. The molecule has 0 atom stereocenters. The third kappa shape index (κ3) is 5.68. The number of carbonyl (C=O) groups excluding carboxylic acids is 2. The number of halogens is 1. The number of rotatable bonds is 5. The van der Waals surface area contributed by atoms with Crippen LogP contribution in [0.25, 0.3) is 11.1 Å². The highest BCUT2D eigenvalue weighted by atomic mass is 35.5. The van der Waals surface area contributed by atoms with Gasteiger partial charge in [0.1, 0.15) is 21.5 Å². The summed E-state index contributed by atoms with van der Waals surface area (Å²) < 4.78 is 10.8. The highest BCUT2D eigenvalue weighted by Gasteiger charge is 2.36. The maximum atomic E-state index is 13.2. The normalized spacial score (nSPS) is 13.8. The van der Waals surface area contributed by atoms with E-state index in [-0.39, 0.29) is 17.2 Å². The maximum Gasteiger partial charge on any atom is 0.410 e. The summed E-state index contributed by atoms with van der Waals surface area (Å²) in [5.41, 5.74) is 1.74. The van der Waals surface area contributed by atoms with Crippen LogP contribution in [0.3, 0.4) is 0 Å². The second kappa shape index (κ2) is 9.74. The molecule has 1 fully saturated rings. The molecular formula is C23H25ClN6O4S. The number of carbonyl (C=O) groups is 2. The Balaban J connectivity index is 1.48. The summed E-state index contributed by atoms with van der Waals surface area (Å²) >= 11 is 7.38. The zero-order chi connectivity index (χ0) is 25.3. The van der Waals surface area contributed by atoms with Crippen molar-refractivity contribution >= 4 is 40.1 Å². The topological polar surface area (TPSA) is 119 Å². The van der Waals surface area contributed by atoms with Crippen molar-refractivity contribution < 1.29 is 19.1 Å². The van der Waals surface area contributed by atoms with E-state index >= 15 is 0 Å². The Morgan fingerprint density at radius 3 is 2.57 bits per heavy atom. The number of pyridine rings is 2. The summed E-state index contributed by atoms with van der Waals surface area (Å²) in [4.78, 5) is 35.3. The molecule has 1 aliphatic rings. The molecule has 184 valence electrons. The van der Waals surface area contributed by atoms with Crippen molar-refractivity contribution in [1.82, 2.24) is 25.1 Å². The number of anilines is 1. The van der Waals surface area contributed by atoms with Crippen LogP contribution in [0, 0.1) is 6.92 Å². The van der Waals surface area contributed by atoms with Gasteiger partial charge in [-0.1, -0.05) is 22.9 Å². The molecule has 0 aromatic carbocycles. The SMILES string of the molecule is COc1cnc(Cl)cc1-c1cc(C)ncc1C(=O)Nc1nnc(C2CN(C(=O)OC(C)(C)C)C2)s1. The van der Waals surface area contributed by atoms with Crippen LogP contribution in [-0.2, 0) is 4.74 Å². The molecule has 0 unspecified atom stereocenters. The van der Waals surface area contributed by atoms with E-state index < -0.39 is 11.5 Å². The number of hydrogen-bond acceptors (Lipinski definition) is 9. The fourth-order valence-corrected chi connectivity index (χ4v) is 4.46. The van der Waals surface area contributed by atoms with Crippen LogP contribution in [0.5, 0.6) is 5.75 Å². The fraction of sp³-hybridized carbons (Fsp3) is 0.391. The van der Waals surface area contributed by atoms with Gasteiger partial charge < -0.3 is 14.4 Å². The molecule has 3 aromatic heterocycles. The maximum absolute atomic E-state index is 13.2. The van der Waals surface area contributed by atoms with Crippen molar-refractivity contribution in [3.63, 3.8) is 0 Å². The summed E-state index contributed by atoms with van der Waals surface area (Å²) in [6.07, 6.45) is 2.66. The van der Waals surface area contributed by atoms with Crippen molar-refractivity contribution in [3.8, 4) is 16.9 Å². The smallest absolute Gasteiger partial charge is 0.410 e. The molecule has 4 heterocycles. The summed E-state index contributed by atoms with van der Waals surface area (Å²) in [5.74, 6) is 0.131. The van der Waals surface area contributed by atoms with E-state index in [1.807, 2.05) is 27.7 Å². The predicted octanol–water partition coefficient (Wildman–Crippen LogP) is 4.55. The molecule has 10 nitrogen and oxygen atoms in total. The van der Waals surface area contributed by atoms with Crippen molar-refractivity contribution in [1.29, 1.82) is 0 Å². The molecule has 0 aliphatic carbocycles. The number of nitrogens with one attached hydrogen (secondary N) is 1. The van der Waals surface area contributed by atoms with E-state index in [1.54, 1.807) is 17.0 Å². The number of likely N-dealkylation sites (tertiary alicyclic amines) is 1. The average molecular weight is 517 g/mol. The van der Waals surface area contributed by atoms with Crippen LogP contribution >= 0.6 is 22.9 Å². The van der Waals surface area contributed by atoms with Crippen molar-refractivity contribution in [2.75, 3.05) is 25.5 Å². The van der Waals surface area contributed by atoms with Gasteiger partial charge >= 0.3 is 6.09 Å². The van der Waals surface area contributed by atoms with Gasteiger partial charge in [-0.25, -0.2) is 9.78 Å². The van der Waals surface area contributed by atoms with E-state index in [0.29, 0.717) is 40.7 Å². The van der Waals surface area contributed by atoms with Crippen LogP contribution < -0.4 is 10.1 Å². The first-order chi connectivity index (χ1) is 16.5. The fourth-order valence-electron chi connectivity index (χ4n) is 3.48. The monoisotopic (exact) mass is 516 g/mol. The van der Waals surface area contributed by atoms with Crippen LogP contribution in [0.2, 0.25) is 5.15 Å². The Labute approximate surface area is 211 Å². The quantitative estimate of drug-likeness (QED) is 0.490. The average Bonchev–Trinajstić information content (AvgIpc) is 3.19. The molecule has 0 radical (unpaired) electrons. The van der Waals surface area contributed by atoms with Gasteiger partial charge in [0.2, 0.25) is 5.13 Å². The third-order valence-corrected chi connectivity index (χ3v) is 6.38. The molecular weight excluding hydrogens is 492 g/mol. The van der Waals surface area contributed by atoms with E-state index in [2.05, 4.69) is 25.5 Å². The van der Waals surface area contributed by atoms with Gasteiger partial charge in [0.05, 0.1) is 18.9 Å². The van der Waals surface area contributed by atoms with Gasteiger partial charge in [0, 0.05) is 42.0 Å². The number of ether oxygens (including phenoxy) is 2. The lowest BCUT2D eigenvalue weighted by atomic mass is 10.0. The molecule has 2 amide bonds. The number of methoxy groups -OCH3 is 1. The lowest BCUT2D eigenvalue weighted by Crippen LogP contribution is -2.50. The van der Waals surface area contributed by atoms with E-state index in [0.717, 1.165) is 10.7 Å². The Bertz CT molecular complexity index is 1270. The van der Waals surface area contributed by atoms with Gasteiger partial charge in [-0.3, -0.25) is 15.1 Å². The summed E-state index contributed by atoms with van der Waals surface area (Å²) in [5, 5.41) is 12.5. The minimum atomic E-state index is -0.544. The van der Waals surface area contributed by atoms with E-state index in [1.165, 1.54) is 30.8 Å². The number of aromatic nitrogens is 4. The second-order valence-corrected chi connectivity index (χ2v) is 10.5. The molecule has 1 aliphatic heterocycles. The lowest BCUT2D eigenvalue weighted by molar-refractivity contribution is 0.00812. The second-order valence-electron chi connectivity index (χ2n) is 9.06. The molecule has 3 aromatic rings. The van der Waals surface area contributed by atoms with Crippen LogP contribution in [-0.4, -0.2) is 62.9 Å². The molecule has 1 N–H and O–H groups in total. The molecule has 0 saturated carbocycles. The van der Waals surface area contributed by atoms with Crippen LogP contribution in [0.1, 0.15) is 47.7 Å². The van der Waals surface area contributed by atoms with Gasteiger partial charge in [-0.15, -0.1) is 10.2 Å². The van der Waals surface area contributed by atoms with E-state index in [4.69, 9.17) is 21.1 Å². The highest BCUT2D eigenvalue weighted by Crippen LogP contribution is 2.35. The van der Waals surface area contributed by atoms with E-state index in [9.17, 15) is 9.59 Å². The Morgan fingerprint density at radius 1 is 1.14 bits per heavy atom. The van der Waals surface area contributed by atoms with Crippen molar-refractivity contribution in [2.24, 2.45) is 0 Å². The third-order valence-electron chi connectivity index (χ3n) is 5.17. The van der Waals surface area contributed by atoms with Crippen molar-refractivity contribution in [3.05, 3.63) is 45.9 Å². The number of hydrogen-bond donors (Lipinski definition) is 1. The lowest BCUT2D eigenvalue weighted by Gasteiger charge is -2.38. The molecule has 0 spiro atoms. The summed E-state index contributed by atoms with van der Waals surface area (Å²) in [7, 11) is 1.52. The highest BCUT2D eigenvalue weighted by molar-refractivity contribution is 7.15. The van der Waals surface area contributed by atoms with Gasteiger partial charge in [-0.2, -0.15) is 0 Å². The Morgan fingerprint density at radius 2 is 1.89 bits per heavy atom. The minimum absolute atomic E-state index is 0.0468. The first kappa shape index (κ1) is 24.8. The summed E-state index contributed by atoms with van der Waals surface area (Å²) in [6, 6.07) is 3.43. The molecule has 35 heavy (non-hydrogen) atoms. The van der Waals surface area contributed by atoms with Gasteiger partial charge in [-0.05, 0) is 39.8 Å². The largest absolute Gasteiger partial charge is 0.494 e. The standard InChI is InChI=1S/C23H25ClN6O4S/c1-12-6-14(15-7-18(24)26-9-17(15)33-5)16(8-25-12)19(31)27-21-29-28-20(35-21)13-10-30(11-13)22(32)34-23(2,3)4/h6-9,13H,10-11H2,1-5H3,(H,27,29,31). The molecule has 12 heteroatoms. The predicted molar refractivity (Wildman–Crippen MR) is 132 cm³/mol. The first-order valence-electron chi connectivity index (χ1n) is 10.8. The first-order valence-corrected chi connectivity index (χ1v) is 12.0. The Kier molecular flexibility index (Phi) is 6.91. The number of amides is 2. The van der Waals surface area contributed by atoms with Gasteiger partial charge in [0.15, 0.2) is 0 Å². The molecule has 0 bridgehead atoms.